The molecule has 1 aromatic rings. The molecule has 1 aliphatic heterocycles. The molecule has 6 heteroatoms. The highest BCUT2D eigenvalue weighted by Crippen LogP contribution is 2.30. The number of halogens is 1. The van der Waals surface area contributed by atoms with E-state index in [-0.39, 0.29) is 22.2 Å². The van der Waals surface area contributed by atoms with Crippen LogP contribution < -0.4 is 5.73 Å². The Kier molecular flexibility index (Phi) is 4.32. The molecule has 0 spiro atoms. The van der Waals surface area contributed by atoms with Gasteiger partial charge in [0.25, 0.3) is 5.69 Å². The quantitative estimate of drug-likeness (QED) is 0.688. The molecule has 0 aromatic heterocycles. The van der Waals surface area contributed by atoms with Crippen LogP contribution in [0.3, 0.4) is 0 Å². The summed E-state index contributed by atoms with van der Waals surface area (Å²) in [4.78, 5) is 12.6. The maximum atomic E-state index is 10.7. The summed E-state index contributed by atoms with van der Waals surface area (Å²) in [6.07, 6.45) is 0.966. The highest BCUT2D eigenvalue weighted by Gasteiger charge is 2.33. The van der Waals surface area contributed by atoms with E-state index < -0.39 is 4.92 Å². The second-order valence-electron chi connectivity index (χ2n) is 6.14. The topological polar surface area (TPSA) is 72.4 Å². The smallest absolute Gasteiger partial charge is 0.287 e. The van der Waals surface area contributed by atoms with E-state index >= 15 is 0 Å². The normalized spacial score (nSPS) is 22.7. The number of hydrogen-bond donors (Lipinski definition) is 1. The number of benzene rings is 1. The molecule has 20 heavy (non-hydrogen) atoms. The Morgan fingerprint density at radius 1 is 1.55 bits per heavy atom. The van der Waals surface area contributed by atoms with Gasteiger partial charge in [-0.1, -0.05) is 31.5 Å². The van der Waals surface area contributed by atoms with Crippen molar-refractivity contribution in [3.05, 3.63) is 38.9 Å². The van der Waals surface area contributed by atoms with Crippen molar-refractivity contribution in [2.45, 2.75) is 32.9 Å². The lowest BCUT2D eigenvalue weighted by atomic mass is 9.79. The molecule has 1 atom stereocenters. The fourth-order valence-electron chi connectivity index (χ4n) is 2.67. The van der Waals surface area contributed by atoms with E-state index in [1.165, 1.54) is 6.07 Å². The van der Waals surface area contributed by atoms with Crippen LogP contribution in [0.15, 0.2) is 18.2 Å². The van der Waals surface area contributed by atoms with Crippen molar-refractivity contribution in [3.63, 3.8) is 0 Å². The number of nitro groups is 1. The Morgan fingerprint density at radius 2 is 2.25 bits per heavy atom. The van der Waals surface area contributed by atoms with Gasteiger partial charge in [0.2, 0.25) is 0 Å². The van der Waals surface area contributed by atoms with E-state index in [0.29, 0.717) is 0 Å². The summed E-state index contributed by atoms with van der Waals surface area (Å²) in [5.74, 6) is 0. The van der Waals surface area contributed by atoms with Crippen molar-refractivity contribution < 1.29 is 4.92 Å². The standard InChI is InChI=1S/C14H20ClN3O2/c1-14(2)9-17(6-5-13(14)16)8-10-3-4-12(18(19)20)11(15)7-10/h3-4,7,13H,5-6,8-9,16H2,1-2H3. The van der Waals surface area contributed by atoms with Gasteiger partial charge in [0.1, 0.15) is 5.02 Å². The zero-order valence-electron chi connectivity index (χ0n) is 11.8. The van der Waals surface area contributed by atoms with E-state index in [1.54, 1.807) is 12.1 Å². The molecule has 0 aliphatic carbocycles. The summed E-state index contributed by atoms with van der Waals surface area (Å²) in [5, 5.41) is 10.9. The monoisotopic (exact) mass is 297 g/mol. The number of piperidine rings is 1. The van der Waals surface area contributed by atoms with Gasteiger partial charge < -0.3 is 5.73 Å². The van der Waals surface area contributed by atoms with E-state index in [0.717, 1.165) is 31.6 Å². The van der Waals surface area contributed by atoms with Gasteiger partial charge in [-0.3, -0.25) is 15.0 Å². The summed E-state index contributed by atoms with van der Waals surface area (Å²) in [6.45, 7) is 6.95. The predicted molar refractivity (Wildman–Crippen MR) is 79.8 cm³/mol. The summed E-state index contributed by atoms with van der Waals surface area (Å²) in [7, 11) is 0. The Hall–Kier alpha value is -1.17. The van der Waals surface area contributed by atoms with Crippen LogP contribution in [0.25, 0.3) is 0 Å². The van der Waals surface area contributed by atoms with E-state index in [4.69, 9.17) is 17.3 Å². The highest BCUT2D eigenvalue weighted by atomic mass is 35.5. The number of rotatable bonds is 3. The Labute approximate surface area is 123 Å². The molecule has 2 rings (SSSR count). The Morgan fingerprint density at radius 3 is 2.80 bits per heavy atom. The van der Waals surface area contributed by atoms with Crippen LogP contribution in [0.4, 0.5) is 5.69 Å². The fourth-order valence-corrected chi connectivity index (χ4v) is 2.95. The summed E-state index contributed by atoms with van der Waals surface area (Å²) >= 11 is 5.94. The maximum Gasteiger partial charge on any atom is 0.287 e. The molecular formula is C14H20ClN3O2. The van der Waals surface area contributed by atoms with Crippen LogP contribution in [0.2, 0.25) is 5.02 Å². The second-order valence-corrected chi connectivity index (χ2v) is 6.54. The fraction of sp³-hybridized carbons (Fsp3) is 0.571. The maximum absolute atomic E-state index is 10.7. The molecule has 1 fully saturated rings. The lowest BCUT2D eigenvalue weighted by Crippen LogP contribution is -2.52. The highest BCUT2D eigenvalue weighted by molar-refractivity contribution is 6.32. The van der Waals surface area contributed by atoms with Crippen LogP contribution in [-0.2, 0) is 6.54 Å². The van der Waals surface area contributed by atoms with E-state index in [9.17, 15) is 10.1 Å². The molecule has 0 saturated carbocycles. The lowest BCUT2D eigenvalue weighted by Gasteiger charge is -2.42. The van der Waals surface area contributed by atoms with Crippen molar-refractivity contribution in [3.8, 4) is 0 Å². The van der Waals surface area contributed by atoms with Gasteiger partial charge in [0.15, 0.2) is 0 Å². The predicted octanol–water partition coefficient (Wildman–Crippen LogP) is 2.81. The van der Waals surface area contributed by atoms with Gasteiger partial charge >= 0.3 is 0 Å². The molecule has 1 heterocycles. The molecule has 1 aromatic carbocycles. The molecule has 2 N–H and O–H groups in total. The largest absolute Gasteiger partial charge is 0.327 e. The molecule has 0 bridgehead atoms. The molecule has 1 unspecified atom stereocenters. The molecule has 1 aliphatic rings. The third kappa shape index (κ3) is 3.29. The van der Waals surface area contributed by atoms with Gasteiger partial charge in [0.05, 0.1) is 4.92 Å². The number of hydrogen-bond acceptors (Lipinski definition) is 4. The minimum absolute atomic E-state index is 0.0450. The van der Waals surface area contributed by atoms with E-state index in [2.05, 4.69) is 18.7 Å². The zero-order valence-corrected chi connectivity index (χ0v) is 12.6. The van der Waals surface area contributed by atoms with Crippen molar-refractivity contribution in [2.75, 3.05) is 13.1 Å². The number of likely N-dealkylation sites (tertiary alicyclic amines) is 1. The second kappa shape index (κ2) is 5.68. The van der Waals surface area contributed by atoms with Crippen LogP contribution in [0, 0.1) is 15.5 Å². The first-order valence-electron chi connectivity index (χ1n) is 6.70. The molecule has 5 nitrogen and oxygen atoms in total. The van der Waals surface area contributed by atoms with Crippen molar-refractivity contribution in [2.24, 2.45) is 11.1 Å². The van der Waals surface area contributed by atoms with E-state index in [1.807, 2.05) is 0 Å². The van der Waals surface area contributed by atoms with Crippen LogP contribution in [0.5, 0.6) is 0 Å². The average Bonchev–Trinajstić information content (AvgIpc) is 2.33. The number of nitrogens with two attached hydrogens (primary N) is 1. The minimum atomic E-state index is -0.463. The Balaban J connectivity index is 2.07. The average molecular weight is 298 g/mol. The van der Waals surface area contributed by atoms with Gasteiger partial charge in [-0.05, 0) is 23.5 Å². The molecule has 0 amide bonds. The first kappa shape index (κ1) is 15.2. The van der Waals surface area contributed by atoms with Gasteiger partial charge in [0, 0.05) is 31.7 Å². The first-order chi connectivity index (χ1) is 9.29. The third-order valence-electron chi connectivity index (χ3n) is 4.01. The number of nitro benzene ring substituents is 1. The Bertz CT molecular complexity index is 519. The minimum Gasteiger partial charge on any atom is -0.327 e. The first-order valence-corrected chi connectivity index (χ1v) is 7.08. The van der Waals surface area contributed by atoms with Crippen LogP contribution in [0.1, 0.15) is 25.8 Å². The third-order valence-corrected chi connectivity index (χ3v) is 4.31. The van der Waals surface area contributed by atoms with Crippen molar-refractivity contribution in [1.82, 2.24) is 4.90 Å². The SMILES string of the molecule is CC1(C)CN(Cc2ccc([N+](=O)[O-])c(Cl)c2)CCC1N. The van der Waals surface area contributed by atoms with Crippen molar-refractivity contribution >= 4 is 17.3 Å². The van der Waals surface area contributed by atoms with Crippen molar-refractivity contribution in [1.29, 1.82) is 0 Å². The van der Waals surface area contributed by atoms with Gasteiger partial charge in [-0.15, -0.1) is 0 Å². The van der Waals surface area contributed by atoms with Crippen LogP contribution >= 0.6 is 11.6 Å². The molecular weight excluding hydrogens is 278 g/mol. The molecule has 1 saturated heterocycles. The summed E-state index contributed by atoms with van der Waals surface area (Å²) < 4.78 is 0. The lowest BCUT2D eigenvalue weighted by molar-refractivity contribution is -0.384. The summed E-state index contributed by atoms with van der Waals surface area (Å²) in [6, 6.07) is 5.14. The molecule has 110 valence electrons. The number of nitrogens with zero attached hydrogens (tertiary/aromatic N) is 2. The van der Waals surface area contributed by atoms with Crippen LogP contribution in [-0.4, -0.2) is 29.0 Å². The van der Waals surface area contributed by atoms with Gasteiger partial charge in [-0.25, -0.2) is 0 Å². The molecule has 0 radical (unpaired) electrons. The van der Waals surface area contributed by atoms with Gasteiger partial charge in [-0.2, -0.15) is 0 Å². The zero-order chi connectivity index (χ0) is 14.9. The summed E-state index contributed by atoms with van der Waals surface area (Å²) in [5.41, 5.74) is 7.16.